The fraction of sp³-hybridized carbons (Fsp3) is 0.667. The van der Waals surface area contributed by atoms with E-state index in [2.05, 4.69) is 81.4 Å². The van der Waals surface area contributed by atoms with Crippen molar-refractivity contribution in [1.82, 2.24) is 0 Å². The van der Waals surface area contributed by atoms with E-state index in [-0.39, 0.29) is 16.7 Å². The van der Waals surface area contributed by atoms with Gasteiger partial charge in [-0.1, -0.05) is 112 Å². The molecule has 0 saturated carbocycles. The van der Waals surface area contributed by atoms with Crippen LogP contribution >= 0.6 is 12.6 Å². The van der Waals surface area contributed by atoms with Crippen molar-refractivity contribution in [2.45, 2.75) is 149 Å². The van der Waals surface area contributed by atoms with Crippen molar-refractivity contribution in [3.63, 3.8) is 0 Å². The van der Waals surface area contributed by atoms with Gasteiger partial charge in [0, 0.05) is 11.2 Å². The lowest BCUT2D eigenvalue weighted by Gasteiger charge is -2.32. The Bertz CT molecular complexity index is 986. The van der Waals surface area contributed by atoms with Gasteiger partial charge in [0.2, 0.25) is 0 Å². The van der Waals surface area contributed by atoms with E-state index in [1.54, 1.807) is 0 Å². The molecule has 2 unspecified atom stereocenters. The van der Waals surface area contributed by atoms with Crippen LogP contribution < -0.4 is 0 Å². The van der Waals surface area contributed by atoms with Crippen molar-refractivity contribution in [3.05, 3.63) is 57.6 Å². The Labute approximate surface area is 246 Å². The number of unbranched alkanes of at least 4 members (excludes halogenated alkanes) is 6. The van der Waals surface area contributed by atoms with E-state index in [9.17, 15) is 10.2 Å². The molecule has 2 atom stereocenters. The fourth-order valence-electron chi connectivity index (χ4n) is 6.01. The fourth-order valence-corrected chi connectivity index (χ4v) is 6.29. The highest BCUT2D eigenvalue weighted by atomic mass is 32.1. The summed E-state index contributed by atoms with van der Waals surface area (Å²) < 4.78 is 0. The van der Waals surface area contributed by atoms with Crippen LogP contribution in [0.1, 0.15) is 152 Å². The molecular formula is C36H58O2S. The number of hydrogen-bond acceptors (Lipinski definition) is 3. The Balaban J connectivity index is 2.55. The maximum Gasteiger partial charge on any atom is 0.119 e. The van der Waals surface area contributed by atoms with Gasteiger partial charge in [-0.2, -0.15) is 12.6 Å². The topological polar surface area (TPSA) is 40.5 Å². The molecule has 0 saturated heterocycles. The third-order valence-electron chi connectivity index (χ3n) is 8.53. The minimum absolute atomic E-state index is 0.161. The molecular weight excluding hydrogens is 496 g/mol. The number of aryl methyl sites for hydroxylation is 2. The third-order valence-corrected chi connectivity index (χ3v) is 8.96. The Morgan fingerprint density at radius 3 is 1.49 bits per heavy atom. The van der Waals surface area contributed by atoms with E-state index >= 15 is 0 Å². The number of thiol groups is 1. The second-order valence-corrected chi connectivity index (χ2v) is 15.0. The first kappa shape index (κ1) is 33.6. The largest absolute Gasteiger partial charge is 0.508 e. The van der Waals surface area contributed by atoms with Gasteiger partial charge in [0.05, 0.1) is 0 Å². The van der Waals surface area contributed by atoms with Gasteiger partial charge < -0.3 is 10.2 Å². The van der Waals surface area contributed by atoms with E-state index in [0.717, 1.165) is 28.7 Å². The minimum atomic E-state index is -0.161. The van der Waals surface area contributed by atoms with E-state index in [4.69, 9.17) is 12.6 Å². The molecule has 2 rings (SSSR count). The molecule has 39 heavy (non-hydrogen) atoms. The summed E-state index contributed by atoms with van der Waals surface area (Å²) in [7, 11) is 0. The zero-order valence-electron chi connectivity index (χ0n) is 26.7. The number of rotatable bonds is 13. The van der Waals surface area contributed by atoms with Crippen LogP contribution in [-0.2, 0) is 10.8 Å². The summed E-state index contributed by atoms with van der Waals surface area (Å²) in [4.78, 5) is 0. The molecule has 0 heterocycles. The minimum Gasteiger partial charge on any atom is -0.508 e. The first-order valence-electron chi connectivity index (χ1n) is 15.4. The van der Waals surface area contributed by atoms with Gasteiger partial charge in [-0.15, -0.1) is 0 Å². The zero-order chi connectivity index (χ0) is 29.5. The van der Waals surface area contributed by atoms with Crippen molar-refractivity contribution in [2.75, 3.05) is 0 Å². The van der Waals surface area contributed by atoms with Gasteiger partial charge in [0.1, 0.15) is 11.5 Å². The normalized spacial score (nSPS) is 14.2. The molecule has 0 spiro atoms. The second-order valence-electron chi connectivity index (χ2n) is 14.2. The van der Waals surface area contributed by atoms with Gasteiger partial charge in [0.25, 0.3) is 0 Å². The van der Waals surface area contributed by atoms with Crippen molar-refractivity contribution in [1.29, 1.82) is 0 Å². The molecule has 0 bridgehead atoms. The van der Waals surface area contributed by atoms with Crippen molar-refractivity contribution in [2.24, 2.45) is 5.92 Å². The zero-order valence-corrected chi connectivity index (χ0v) is 27.6. The highest BCUT2D eigenvalue weighted by Crippen LogP contribution is 2.44. The molecule has 3 heteroatoms. The first-order valence-corrected chi connectivity index (χ1v) is 16.0. The van der Waals surface area contributed by atoms with Crippen LogP contribution in [0, 0.1) is 19.8 Å². The van der Waals surface area contributed by atoms with E-state index in [1.165, 1.54) is 62.5 Å². The molecule has 2 nitrogen and oxygen atoms in total. The van der Waals surface area contributed by atoms with Gasteiger partial charge in [-0.3, -0.25) is 0 Å². The molecule has 2 N–H and O–H groups in total. The van der Waals surface area contributed by atoms with Gasteiger partial charge >= 0.3 is 0 Å². The number of benzene rings is 2. The summed E-state index contributed by atoms with van der Waals surface area (Å²) in [5, 5.41) is 22.1. The Kier molecular flexibility index (Phi) is 12.3. The molecule has 0 aromatic heterocycles. The molecule has 0 radical (unpaired) electrons. The monoisotopic (exact) mass is 554 g/mol. The number of phenols is 2. The van der Waals surface area contributed by atoms with Crippen LogP contribution in [0.4, 0.5) is 0 Å². The van der Waals surface area contributed by atoms with Crippen LogP contribution in [0.15, 0.2) is 24.3 Å². The summed E-state index contributed by atoms with van der Waals surface area (Å²) in [6.07, 6.45) is 11.4. The highest BCUT2D eigenvalue weighted by Gasteiger charge is 2.29. The van der Waals surface area contributed by atoms with E-state index in [1.807, 2.05) is 12.1 Å². The summed E-state index contributed by atoms with van der Waals surface area (Å²) in [6, 6.07) is 8.43. The van der Waals surface area contributed by atoms with E-state index in [0.29, 0.717) is 22.7 Å². The van der Waals surface area contributed by atoms with Crippen LogP contribution in [-0.4, -0.2) is 15.5 Å². The SMILES string of the molecule is CCCCCCCCCC(CC(c1cc(C(C)(C)C)c(O)cc1C)c1cc(C(C)(C)C)c(O)cc1C)C(C)S. The summed E-state index contributed by atoms with van der Waals surface area (Å²) in [6.45, 7) is 21.8. The van der Waals surface area contributed by atoms with Crippen molar-refractivity contribution >= 4 is 12.6 Å². The Hall–Kier alpha value is -1.61. The second kappa shape index (κ2) is 14.3. The summed E-state index contributed by atoms with van der Waals surface area (Å²) in [5.74, 6) is 1.40. The van der Waals surface area contributed by atoms with Crippen LogP contribution in [0.2, 0.25) is 0 Å². The average molecular weight is 555 g/mol. The average Bonchev–Trinajstić information content (AvgIpc) is 2.79. The molecule has 220 valence electrons. The molecule has 0 aliphatic heterocycles. The Morgan fingerprint density at radius 2 is 1.10 bits per heavy atom. The molecule has 0 fully saturated rings. The maximum atomic E-state index is 10.9. The number of phenolic OH excluding ortho intramolecular Hbond substituents is 2. The van der Waals surface area contributed by atoms with Crippen molar-refractivity contribution in [3.8, 4) is 11.5 Å². The van der Waals surface area contributed by atoms with Gasteiger partial charge in [-0.05, 0) is 89.0 Å². The predicted molar refractivity (Wildman–Crippen MR) is 174 cm³/mol. The lowest BCUT2D eigenvalue weighted by molar-refractivity contribution is 0.401. The maximum absolute atomic E-state index is 10.9. The third kappa shape index (κ3) is 9.48. The van der Waals surface area contributed by atoms with Gasteiger partial charge in [-0.25, -0.2) is 0 Å². The predicted octanol–water partition coefficient (Wildman–Crippen LogP) is 10.9. The van der Waals surface area contributed by atoms with Gasteiger partial charge in [0.15, 0.2) is 0 Å². The highest BCUT2D eigenvalue weighted by molar-refractivity contribution is 7.80. The molecule has 2 aromatic carbocycles. The summed E-state index contributed by atoms with van der Waals surface area (Å²) >= 11 is 5.00. The lowest BCUT2D eigenvalue weighted by Crippen LogP contribution is -2.20. The number of aromatic hydroxyl groups is 2. The van der Waals surface area contributed by atoms with Crippen molar-refractivity contribution < 1.29 is 10.2 Å². The molecule has 0 amide bonds. The molecule has 0 aliphatic carbocycles. The van der Waals surface area contributed by atoms with Crippen LogP contribution in [0.5, 0.6) is 11.5 Å². The molecule has 2 aromatic rings. The Morgan fingerprint density at radius 1 is 0.692 bits per heavy atom. The summed E-state index contributed by atoms with van der Waals surface area (Å²) in [5.41, 5.74) is 6.46. The van der Waals surface area contributed by atoms with E-state index < -0.39 is 0 Å². The smallest absolute Gasteiger partial charge is 0.119 e. The number of hydrogen-bond donors (Lipinski definition) is 3. The standard InChI is InChI=1S/C36H58O2S/c1-11-12-13-14-15-16-17-18-27(26(4)39)21-30(28-22-31(35(5,6)7)33(37)19-24(28)2)29-23-32(36(8,9)10)34(38)20-25(29)3/h19-20,22-23,26-27,30,37-39H,11-18,21H2,1-10H3. The quantitative estimate of drug-likeness (QED) is 0.170. The van der Waals surface area contributed by atoms with Crippen LogP contribution in [0.3, 0.4) is 0 Å². The lowest BCUT2D eigenvalue weighted by atomic mass is 9.74. The van der Waals surface area contributed by atoms with Crippen LogP contribution in [0.25, 0.3) is 0 Å². The molecule has 0 aliphatic rings. The first-order chi connectivity index (χ1) is 18.1.